The molecule has 1 aromatic heterocycles. The SMILES string of the molecule is CC(C)(C)OC(=O)N1CCc2nc3cc(C#Cc4cccc(F)c4)ccc3c(=O)n2CC1. The van der Waals surface area contributed by atoms with Crippen LogP contribution in [0.15, 0.2) is 47.3 Å². The van der Waals surface area contributed by atoms with E-state index in [0.29, 0.717) is 53.9 Å². The number of ether oxygens (including phenoxy) is 1. The maximum Gasteiger partial charge on any atom is 0.410 e. The van der Waals surface area contributed by atoms with E-state index in [1.165, 1.54) is 12.1 Å². The number of nitrogens with zero attached hydrogens (tertiary/aromatic N) is 3. The molecule has 0 fully saturated rings. The molecule has 1 aliphatic heterocycles. The number of rotatable bonds is 0. The zero-order valence-electron chi connectivity index (χ0n) is 18.3. The highest BCUT2D eigenvalue weighted by Crippen LogP contribution is 2.16. The molecule has 0 saturated heterocycles. The number of carbonyl (C=O) groups excluding carboxylic acids is 1. The molecular weight excluding hydrogens is 409 g/mol. The summed E-state index contributed by atoms with van der Waals surface area (Å²) < 4.78 is 20.4. The number of aromatic nitrogens is 2. The van der Waals surface area contributed by atoms with Gasteiger partial charge in [0.2, 0.25) is 0 Å². The lowest BCUT2D eigenvalue weighted by Gasteiger charge is -2.26. The molecule has 0 N–H and O–H groups in total. The van der Waals surface area contributed by atoms with Crippen molar-refractivity contribution in [3.63, 3.8) is 0 Å². The lowest BCUT2D eigenvalue weighted by molar-refractivity contribution is 0.0254. The van der Waals surface area contributed by atoms with E-state index in [9.17, 15) is 14.0 Å². The topological polar surface area (TPSA) is 64.4 Å². The fraction of sp³-hybridized carbons (Fsp3) is 0.320. The first-order valence-corrected chi connectivity index (χ1v) is 10.5. The number of fused-ring (bicyclic) bond motifs is 2. The number of hydrogen-bond acceptors (Lipinski definition) is 4. The van der Waals surface area contributed by atoms with Gasteiger partial charge in [0.05, 0.1) is 10.9 Å². The quantitative estimate of drug-likeness (QED) is 0.507. The largest absolute Gasteiger partial charge is 0.444 e. The molecule has 164 valence electrons. The molecule has 0 aliphatic carbocycles. The van der Waals surface area contributed by atoms with Gasteiger partial charge in [-0.25, -0.2) is 14.2 Å². The van der Waals surface area contributed by atoms with Crippen molar-refractivity contribution < 1.29 is 13.9 Å². The highest BCUT2D eigenvalue weighted by molar-refractivity contribution is 5.79. The predicted octanol–water partition coefficient (Wildman–Crippen LogP) is 3.73. The number of carbonyl (C=O) groups is 1. The Balaban J connectivity index is 1.62. The highest BCUT2D eigenvalue weighted by Gasteiger charge is 2.25. The van der Waals surface area contributed by atoms with E-state index in [-0.39, 0.29) is 11.4 Å². The van der Waals surface area contributed by atoms with Crippen LogP contribution in [-0.4, -0.2) is 39.2 Å². The standard InChI is InChI=1S/C25H24FN3O3/c1-25(2,3)32-24(31)28-12-11-22-27-21-16-18(8-7-17-5-4-6-19(26)15-17)9-10-20(21)23(30)29(22)14-13-28/h4-6,9-10,15-16H,11-14H2,1-3H3. The molecule has 1 aliphatic rings. The summed E-state index contributed by atoms with van der Waals surface area (Å²) in [6, 6.07) is 11.3. The predicted molar refractivity (Wildman–Crippen MR) is 120 cm³/mol. The van der Waals surface area contributed by atoms with Crippen molar-refractivity contribution in [2.24, 2.45) is 0 Å². The molecule has 2 aromatic carbocycles. The monoisotopic (exact) mass is 433 g/mol. The third-order valence-electron chi connectivity index (χ3n) is 5.06. The fourth-order valence-electron chi connectivity index (χ4n) is 3.55. The first kappa shape index (κ1) is 21.6. The summed E-state index contributed by atoms with van der Waals surface area (Å²) in [5.41, 5.74) is 1.09. The normalized spacial score (nSPS) is 13.7. The minimum Gasteiger partial charge on any atom is -0.444 e. The number of halogens is 1. The summed E-state index contributed by atoms with van der Waals surface area (Å²) in [5, 5.41) is 0.496. The van der Waals surface area contributed by atoms with Gasteiger partial charge in [-0.05, 0) is 57.2 Å². The summed E-state index contributed by atoms with van der Waals surface area (Å²) in [6.07, 6.45) is 0.0571. The van der Waals surface area contributed by atoms with E-state index in [1.807, 2.05) is 20.8 Å². The smallest absolute Gasteiger partial charge is 0.410 e. The maximum atomic E-state index is 13.4. The molecule has 4 rings (SSSR count). The van der Waals surface area contributed by atoms with E-state index in [4.69, 9.17) is 9.72 Å². The average Bonchev–Trinajstić information content (AvgIpc) is 2.94. The Morgan fingerprint density at radius 1 is 1.06 bits per heavy atom. The summed E-state index contributed by atoms with van der Waals surface area (Å²) in [7, 11) is 0. The Bertz CT molecular complexity index is 1310. The second-order valence-electron chi connectivity index (χ2n) is 8.69. The molecule has 0 bridgehead atoms. The van der Waals surface area contributed by atoms with Gasteiger partial charge >= 0.3 is 6.09 Å². The number of amides is 1. The van der Waals surface area contributed by atoms with Crippen molar-refractivity contribution in [1.29, 1.82) is 0 Å². The van der Waals surface area contributed by atoms with E-state index >= 15 is 0 Å². The maximum absolute atomic E-state index is 13.4. The van der Waals surface area contributed by atoms with Crippen LogP contribution >= 0.6 is 0 Å². The van der Waals surface area contributed by atoms with E-state index in [2.05, 4.69) is 11.8 Å². The first-order valence-electron chi connectivity index (χ1n) is 10.5. The van der Waals surface area contributed by atoms with Crippen molar-refractivity contribution in [3.05, 3.63) is 75.6 Å². The second kappa shape index (κ2) is 8.46. The van der Waals surface area contributed by atoms with Crippen LogP contribution in [0, 0.1) is 17.7 Å². The third-order valence-corrected chi connectivity index (χ3v) is 5.06. The van der Waals surface area contributed by atoms with E-state index < -0.39 is 11.7 Å². The second-order valence-corrected chi connectivity index (χ2v) is 8.69. The van der Waals surface area contributed by atoms with Crippen LogP contribution in [-0.2, 0) is 17.7 Å². The molecular formula is C25H24FN3O3. The minimum atomic E-state index is -0.580. The van der Waals surface area contributed by atoms with Crippen molar-refractivity contribution in [2.45, 2.75) is 39.3 Å². The molecule has 2 heterocycles. The van der Waals surface area contributed by atoms with Gasteiger partial charge < -0.3 is 9.64 Å². The van der Waals surface area contributed by atoms with E-state index in [1.54, 1.807) is 39.8 Å². The first-order chi connectivity index (χ1) is 15.2. The molecule has 3 aromatic rings. The van der Waals surface area contributed by atoms with Crippen LogP contribution in [0.1, 0.15) is 37.7 Å². The Labute approximate surface area is 185 Å². The van der Waals surface area contributed by atoms with Crippen LogP contribution in [0.3, 0.4) is 0 Å². The zero-order valence-corrected chi connectivity index (χ0v) is 18.3. The average molecular weight is 433 g/mol. The molecule has 6 nitrogen and oxygen atoms in total. The van der Waals surface area contributed by atoms with Gasteiger partial charge in [-0.3, -0.25) is 9.36 Å². The Morgan fingerprint density at radius 2 is 1.81 bits per heavy atom. The van der Waals surface area contributed by atoms with Crippen molar-refractivity contribution >= 4 is 17.0 Å². The van der Waals surface area contributed by atoms with Gasteiger partial charge in [0.25, 0.3) is 5.56 Å². The molecule has 1 amide bonds. The molecule has 0 saturated carbocycles. The summed E-state index contributed by atoms with van der Waals surface area (Å²) in [4.78, 5) is 31.8. The van der Waals surface area contributed by atoms with Crippen molar-refractivity contribution in [1.82, 2.24) is 14.5 Å². The molecule has 0 atom stereocenters. The van der Waals surface area contributed by atoms with Crippen LogP contribution in [0.25, 0.3) is 10.9 Å². The van der Waals surface area contributed by atoms with Crippen LogP contribution in [0.4, 0.5) is 9.18 Å². The van der Waals surface area contributed by atoms with Crippen LogP contribution in [0.5, 0.6) is 0 Å². The molecule has 0 unspecified atom stereocenters. The lowest BCUT2D eigenvalue weighted by atomic mass is 10.1. The van der Waals surface area contributed by atoms with Gasteiger partial charge in [0.1, 0.15) is 17.2 Å². The minimum absolute atomic E-state index is 0.138. The molecule has 32 heavy (non-hydrogen) atoms. The fourth-order valence-corrected chi connectivity index (χ4v) is 3.55. The van der Waals surface area contributed by atoms with Gasteiger partial charge in [0.15, 0.2) is 0 Å². The third kappa shape index (κ3) is 4.80. The van der Waals surface area contributed by atoms with Gasteiger partial charge in [-0.15, -0.1) is 0 Å². The highest BCUT2D eigenvalue weighted by atomic mass is 19.1. The van der Waals surface area contributed by atoms with Crippen molar-refractivity contribution in [2.75, 3.05) is 13.1 Å². The summed E-state index contributed by atoms with van der Waals surface area (Å²) >= 11 is 0. The zero-order chi connectivity index (χ0) is 22.9. The Kier molecular flexibility index (Phi) is 5.70. The van der Waals surface area contributed by atoms with Crippen LogP contribution < -0.4 is 5.56 Å². The van der Waals surface area contributed by atoms with Gasteiger partial charge in [-0.2, -0.15) is 0 Å². The summed E-state index contributed by atoms with van der Waals surface area (Å²) in [5.74, 6) is 6.22. The molecule has 7 heteroatoms. The van der Waals surface area contributed by atoms with Crippen molar-refractivity contribution in [3.8, 4) is 11.8 Å². The van der Waals surface area contributed by atoms with E-state index in [0.717, 1.165) is 0 Å². The molecule has 0 spiro atoms. The Hall–Kier alpha value is -3.66. The summed E-state index contributed by atoms with van der Waals surface area (Å²) in [6.45, 7) is 6.64. The van der Waals surface area contributed by atoms with Gasteiger partial charge in [0, 0.05) is 37.2 Å². The van der Waals surface area contributed by atoms with Gasteiger partial charge in [-0.1, -0.05) is 17.9 Å². The molecule has 0 radical (unpaired) electrons. The number of benzene rings is 2. The lowest BCUT2D eigenvalue weighted by Crippen LogP contribution is -2.38. The Morgan fingerprint density at radius 3 is 2.53 bits per heavy atom. The number of hydrogen-bond donors (Lipinski definition) is 0. The van der Waals surface area contributed by atoms with Crippen LogP contribution in [0.2, 0.25) is 0 Å².